The second kappa shape index (κ2) is 10.4. The van der Waals surface area contributed by atoms with Crippen LogP contribution in [0.5, 0.6) is 0 Å². The zero-order valence-electron chi connectivity index (χ0n) is 14.1. The number of carbonyl (C=O) groups is 3. The molecule has 1 rings (SSSR count). The van der Waals surface area contributed by atoms with Crippen molar-refractivity contribution in [3.8, 4) is 0 Å². The molecule has 23 heavy (non-hydrogen) atoms. The van der Waals surface area contributed by atoms with E-state index in [0.29, 0.717) is 22.5 Å². The molecule has 0 aromatic rings. The van der Waals surface area contributed by atoms with Crippen LogP contribution in [0.1, 0.15) is 13.8 Å². The first-order valence-electron chi connectivity index (χ1n) is 7.31. The third kappa shape index (κ3) is 6.84. The smallest absolute Gasteiger partial charge is 0.235 e. The van der Waals surface area contributed by atoms with Crippen LogP contribution in [-0.2, 0) is 14.4 Å². The van der Waals surface area contributed by atoms with Gasteiger partial charge in [0.1, 0.15) is 0 Å². The number of rotatable bonds is 7. The monoisotopic (exact) mass is 379 g/mol. The van der Waals surface area contributed by atoms with Gasteiger partial charge in [-0.05, 0) is 17.8 Å². The molecule has 0 atom stereocenters. The molecule has 0 aromatic heterocycles. The zero-order chi connectivity index (χ0) is 17.4. The Labute approximate surface area is 151 Å². The predicted octanol–water partition coefficient (Wildman–Crippen LogP) is 1.23. The molecule has 0 aliphatic carbocycles. The topological polar surface area (TPSA) is 60.9 Å². The van der Waals surface area contributed by atoms with E-state index < -0.39 is 0 Å². The van der Waals surface area contributed by atoms with Crippen molar-refractivity contribution in [1.82, 2.24) is 14.7 Å². The fraction of sp³-hybridized carbons (Fsp3) is 0.786. The molecule has 1 fully saturated rings. The van der Waals surface area contributed by atoms with Crippen LogP contribution < -0.4 is 0 Å². The first kappa shape index (κ1) is 20.5. The molecule has 0 spiro atoms. The quantitative estimate of drug-likeness (QED) is 0.663. The normalized spacial score (nSPS) is 15.3. The third-order valence-electron chi connectivity index (χ3n) is 3.16. The number of nitrogens with zero attached hydrogens (tertiary/aromatic N) is 3. The molecule has 0 N–H and O–H groups in total. The van der Waals surface area contributed by atoms with Gasteiger partial charge < -0.3 is 14.7 Å². The molecule has 1 aliphatic heterocycles. The Morgan fingerprint density at radius 1 is 0.783 bits per heavy atom. The van der Waals surface area contributed by atoms with Gasteiger partial charge in [0.2, 0.25) is 17.7 Å². The van der Waals surface area contributed by atoms with E-state index in [0.717, 1.165) is 0 Å². The van der Waals surface area contributed by atoms with E-state index >= 15 is 0 Å². The fourth-order valence-electron chi connectivity index (χ4n) is 1.98. The van der Waals surface area contributed by atoms with Crippen molar-refractivity contribution in [1.29, 1.82) is 0 Å². The zero-order valence-corrected chi connectivity index (χ0v) is 16.6. The molecule has 9 heteroatoms. The molecule has 1 saturated heterocycles. The summed E-state index contributed by atoms with van der Waals surface area (Å²) in [6.07, 6.45) is 3.72. The maximum absolute atomic E-state index is 12.4. The van der Waals surface area contributed by atoms with Crippen LogP contribution in [-0.4, -0.2) is 87.4 Å². The van der Waals surface area contributed by atoms with Gasteiger partial charge in [0.25, 0.3) is 0 Å². The van der Waals surface area contributed by atoms with E-state index in [4.69, 9.17) is 0 Å². The molecular formula is C14H25N3O3S3. The van der Waals surface area contributed by atoms with Gasteiger partial charge in [-0.3, -0.25) is 14.4 Å². The van der Waals surface area contributed by atoms with Crippen molar-refractivity contribution in [2.75, 3.05) is 49.8 Å². The van der Waals surface area contributed by atoms with E-state index in [1.54, 1.807) is 26.5 Å². The van der Waals surface area contributed by atoms with Crippen LogP contribution in [0.2, 0.25) is 0 Å². The number of carbonyl (C=O) groups excluding carboxylic acids is 3. The summed E-state index contributed by atoms with van der Waals surface area (Å²) < 4.78 is 0. The summed E-state index contributed by atoms with van der Waals surface area (Å²) in [6.45, 7) is 4.87. The molecule has 6 nitrogen and oxygen atoms in total. The van der Waals surface area contributed by atoms with Crippen molar-refractivity contribution in [3.63, 3.8) is 0 Å². The highest BCUT2D eigenvalue weighted by Gasteiger charge is 2.31. The highest BCUT2D eigenvalue weighted by molar-refractivity contribution is 8.00. The van der Waals surface area contributed by atoms with Gasteiger partial charge in [0.05, 0.1) is 37.3 Å². The van der Waals surface area contributed by atoms with E-state index in [1.165, 1.54) is 23.5 Å². The van der Waals surface area contributed by atoms with Gasteiger partial charge in [-0.2, -0.15) is 23.5 Å². The Kier molecular flexibility index (Phi) is 9.23. The van der Waals surface area contributed by atoms with Crippen molar-refractivity contribution >= 4 is 53.0 Å². The molecule has 0 aromatic carbocycles. The molecule has 0 radical (unpaired) electrons. The Morgan fingerprint density at radius 3 is 1.43 bits per heavy atom. The van der Waals surface area contributed by atoms with Gasteiger partial charge >= 0.3 is 0 Å². The lowest BCUT2D eigenvalue weighted by atomic mass is 10.4. The SMILES string of the molecule is CSCC(=O)N1CN(C(=O)CSC)CN(C(=O)CSC(C)C)C1. The molecule has 132 valence electrons. The fourth-order valence-corrected chi connectivity index (χ4v) is 3.50. The minimum Gasteiger partial charge on any atom is -0.306 e. The molecule has 1 aliphatic rings. The van der Waals surface area contributed by atoms with Gasteiger partial charge in [-0.15, -0.1) is 11.8 Å². The number of hydrogen-bond donors (Lipinski definition) is 0. The van der Waals surface area contributed by atoms with Crippen molar-refractivity contribution in [2.24, 2.45) is 0 Å². The van der Waals surface area contributed by atoms with Gasteiger partial charge in [-0.1, -0.05) is 13.8 Å². The van der Waals surface area contributed by atoms with Crippen LogP contribution in [0, 0.1) is 0 Å². The van der Waals surface area contributed by atoms with Gasteiger partial charge in [0.15, 0.2) is 0 Å². The lowest BCUT2D eigenvalue weighted by Crippen LogP contribution is -2.60. The Balaban J connectivity index is 2.77. The Morgan fingerprint density at radius 2 is 1.13 bits per heavy atom. The molecular weight excluding hydrogens is 354 g/mol. The summed E-state index contributed by atoms with van der Waals surface area (Å²) in [5.74, 6) is 0.946. The van der Waals surface area contributed by atoms with Crippen LogP contribution in [0.15, 0.2) is 0 Å². The Hall–Kier alpha value is -0.540. The lowest BCUT2D eigenvalue weighted by molar-refractivity contribution is -0.155. The first-order valence-corrected chi connectivity index (χ1v) is 11.2. The third-order valence-corrected chi connectivity index (χ3v) is 5.31. The first-order chi connectivity index (χ1) is 10.9. The van der Waals surface area contributed by atoms with Gasteiger partial charge in [0, 0.05) is 0 Å². The van der Waals surface area contributed by atoms with Crippen LogP contribution >= 0.6 is 35.3 Å². The highest BCUT2D eigenvalue weighted by Crippen LogP contribution is 2.15. The highest BCUT2D eigenvalue weighted by atomic mass is 32.2. The van der Waals surface area contributed by atoms with E-state index in [-0.39, 0.29) is 37.7 Å². The molecule has 0 unspecified atom stereocenters. The minimum absolute atomic E-state index is 0.0349. The average Bonchev–Trinajstić information content (AvgIpc) is 2.52. The standard InChI is InChI=1S/C14H25N3O3S3/c1-11(2)23-7-14(20)17-9-15(12(18)5-21-3)8-16(10-17)13(19)6-22-4/h11H,5-10H2,1-4H3. The van der Waals surface area contributed by atoms with Gasteiger partial charge in [-0.25, -0.2) is 0 Å². The van der Waals surface area contributed by atoms with Crippen LogP contribution in [0.4, 0.5) is 0 Å². The van der Waals surface area contributed by atoms with E-state index in [2.05, 4.69) is 0 Å². The van der Waals surface area contributed by atoms with Crippen molar-refractivity contribution < 1.29 is 14.4 Å². The van der Waals surface area contributed by atoms with Crippen molar-refractivity contribution in [3.05, 3.63) is 0 Å². The molecule has 0 saturated carbocycles. The molecule has 0 bridgehead atoms. The van der Waals surface area contributed by atoms with Crippen LogP contribution in [0.3, 0.4) is 0 Å². The second-order valence-electron chi connectivity index (χ2n) is 5.45. The van der Waals surface area contributed by atoms with Crippen LogP contribution in [0.25, 0.3) is 0 Å². The number of thioether (sulfide) groups is 3. The largest absolute Gasteiger partial charge is 0.306 e. The molecule has 1 heterocycles. The van der Waals surface area contributed by atoms with Crippen molar-refractivity contribution in [2.45, 2.75) is 19.1 Å². The summed E-state index contributed by atoms with van der Waals surface area (Å²) in [5, 5.41) is 0.368. The summed E-state index contributed by atoms with van der Waals surface area (Å²) in [5.41, 5.74) is 0. The summed E-state index contributed by atoms with van der Waals surface area (Å²) in [7, 11) is 0. The summed E-state index contributed by atoms with van der Waals surface area (Å²) in [4.78, 5) is 41.5. The number of amides is 3. The van der Waals surface area contributed by atoms with E-state index in [1.807, 2.05) is 26.4 Å². The predicted molar refractivity (Wildman–Crippen MR) is 99.5 cm³/mol. The number of hydrogen-bond acceptors (Lipinski definition) is 6. The average molecular weight is 380 g/mol. The minimum atomic E-state index is -0.0477. The summed E-state index contributed by atoms with van der Waals surface area (Å²) >= 11 is 4.45. The maximum Gasteiger partial charge on any atom is 0.235 e. The second-order valence-corrected chi connectivity index (χ2v) is 8.75. The molecule has 3 amide bonds. The summed E-state index contributed by atoms with van der Waals surface area (Å²) in [6, 6.07) is 0. The van der Waals surface area contributed by atoms with E-state index in [9.17, 15) is 14.4 Å². The maximum atomic E-state index is 12.4. The lowest BCUT2D eigenvalue weighted by Gasteiger charge is -2.42. The Bertz CT molecular complexity index is 409.